The van der Waals surface area contributed by atoms with Gasteiger partial charge in [0.25, 0.3) is 0 Å². The molecular formula is C18H13O5+. The molecule has 5 nitrogen and oxygen atoms in total. The Hall–Kier alpha value is -3.08. The predicted molar refractivity (Wildman–Crippen MR) is 82.5 cm³/mol. The Morgan fingerprint density at radius 2 is 1.83 bits per heavy atom. The third kappa shape index (κ3) is 2.36. The van der Waals surface area contributed by atoms with Gasteiger partial charge in [-0.05, 0) is 36.4 Å². The zero-order valence-electron chi connectivity index (χ0n) is 12.0. The lowest BCUT2D eigenvalue weighted by Crippen LogP contribution is -2.32. The summed E-state index contributed by atoms with van der Waals surface area (Å²) < 4.78 is 11.2. The molecule has 1 atom stereocenters. The number of ketones is 1. The van der Waals surface area contributed by atoms with E-state index in [9.17, 15) is 15.0 Å². The van der Waals surface area contributed by atoms with Gasteiger partial charge >= 0.3 is 17.5 Å². The van der Waals surface area contributed by atoms with Crippen LogP contribution in [0.25, 0.3) is 6.08 Å². The van der Waals surface area contributed by atoms with Crippen LogP contribution in [0.4, 0.5) is 0 Å². The smallest absolute Gasteiger partial charge is 0.359 e. The first kappa shape index (κ1) is 13.6. The summed E-state index contributed by atoms with van der Waals surface area (Å²) in [5, 5.41) is 19.1. The molecule has 0 radical (unpaired) electrons. The number of aromatic hydroxyl groups is 2. The van der Waals surface area contributed by atoms with Crippen LogP contribution in [0.15, 0.2) is 42.5 Å². The minimum Gasteiger partial charge on any atom is -0.508 e. The fraction of sp³-hybridized carbons (Fsp3) is 0.111. The van der Waals surface area contributed by atoms with Crippen LogP contribution in [-0.4, -0.2) is 22.0 Å². The number of benzene rings is 2. The Bertz CT molecular complexity index is 879. The first-order valence-corrected chi connectivity index (χ1v) is 7.19. The lowest BCUT2D eigenvalue weighted by atomic mass is 9.91. The first-order valence-electron chi connectivity index (χ1n) is 7.19. The second-order valence-electron chi connectivity index (χ2n) is 5.53. The predicted octanol–water partition coefficient (Wildman–Crippen LogP) is 2.72. The SMILES string of the molecule is O=C1Oc2ccc(O)cc2/C=C\C2=[O+]c3cc(O)ccc3CC12. The number of carbonyl (C=O) groups excluding carboxylic acids is 2. The quantitative estimate of drug-likeness (QED) is 0.339. The molecule has 0 amide bonds. The van der Waals surface area contributed by atoms with Crippen molar-refractivity contribution in [3.05, 3.63) is 53.6 Å². The van der Waals surface area contributed by atoms with E-state index in [2.05, 4.69) is 0 Å². The van der Waals surface area contributed by atoms with Crippen LogP contribution in [0.1, 0.15) is 11.1 Å². The average Bonchev–Trinajstić information content (AvgIpc) is 2.52. The van der Waals surface area contributed by atoms with Crippen LogP contribution in [0.5, 0.6) is 23.0 Å². The molecule has 2 aliphatic heterocycles. The number of esters is 1. The lowest BCUT2D eigenvalue weighted by molar-refractivity contribution is -0.372. The van der Waals surface area contributed by atoms with Gasteiger partial charge < -0.3 is 14.9 Å². The van der Waals surface area contributed by atoms with E-state index in [0.29, 0.717) is 29.3 Å². The van der Waals surface area contributed by atoms with E-state index in [-0.39, 0.29) is 11.5 Å². The molecule has 5 heteroatoms. The fourth-order valence-corrected chi connectivity index (χ4v) is 2.79. The normalized spacial score (nSPS) is 20.1. The number of hydrogen-bond donors (Lipinski definition) is 2. The van der Waals surface area contributed by atoms with E-state index >= 15 is 0 Å². The fourth-order valence-electron chi connectivity index (χ4n) is 2.79. The highest BCUT2D eigenvalue weighted by molar-refractivity contribution is 6.09. The maximum absolute atomic E-state index is 12.5. The van der Waals surface area contributed by atoms with Gasteiger partial charge in [0, 0.05) is 18.1 Å². The van der Waals surface area contributed by atoms with E-state index in [1.807, 2.05) is 0 Å². The van der Waals surface area contributed by atoms with Crippen LogP contribution in [0.2, 0.25) is 0 Å². The van der Waals surface area contributed by atoms with E-state index < -0.39 is 11.9 Å². The van der Waals surface area contributed by atoms with Crippen molar-refractivity contribution in [3.63, 3.8) is 0 Å². The van der Waals surface area contributed by atoms with Crippen molar-refractivity contribution in [2.75, 3.05) is 0 Å². The summed E-state index contributed by atoms with van der Waals surface area (Å²) in [6.45, 7) is 0. The number of carbonyl (C=O) groups is 1. The van der Waals surface area contributed by atoms with Gasteiger partial charge in [0.1, 0.15) is 17.2 Å². The van der Waals surface area contributed by atoms with Crippen molar-refractivity contribution in [2.24, 2.45) is 5.92 Å². The van der Waals surface area contributed by atoms with Crippen LogP contribution < -0.4 is 4.74 Å². The van der Waals surface area contributed by atoms with Gasteiger partial charge in [-0.25, -0.2) is 4.42 Å². The molecule has 0 saturated carbocycles. The second-order valence-corrected chi connectivity index (χ2v) is 5.53. The molecular weight excluding hydrogens is 296 g/mol. The highest BCUT2D eigenvalue weighted by atomic mass is 16.5. The standard InChI is InChI=1S/C18H12O5/c19-12-4-6-15-10(7-12)2-5-16-14(18(21)23-15)8-11-1-3-13(20)9-17(11)22-16/h1-7,9,14H,8H2,(H-,19,20)/p+1. The van der Waals surface area contributed by atoms with E-state index in [4.69, 9.17) is 9.16 Å². The molecule has 0 spiro atoms. The highest BCUT2D eigenvalue weighted by Gasteiger charge is 2.40. The number of allylic oxidation sites excluding steroid dienone is 1. The summed E-state index contributed by atoms with van der Waals surface area (Å²) in [6.07, 6.45) is 3.88. The number of hydrogen-bond acceptors (Lipinski definition) is 4. The topological polar surface area (TPSA) is 78.1 Å². The van der Waals surface area contributed by atoms with E-state index in [1.54, 1.807) is 30.4 Å². The summed E-state index contributed by atoms with van der Waals surface area (Å²) in [5.74, 6) is 0.647. The zero-order valence-corrected chi connectivity index (χ0v) is 12.0. The van der Waals surface area contributed by atoms with E-state index in [1.165, 1.54) is 18.2 Å². The van der Waals surface area contributed by atoms with Crippen LogP contribution in [-0.2, 0) is 15.6 Å². The van der Waals surface area contributed by atoms with Crippen LogP contribution in [0, 0.1) is 5.92 Å². The summed E-state index contributed by atoms with van der Waals surface area (Å²) in [5.41, 5.74) is 1.43. The average molecular weight is 309 g/mol. The molecule has 0 fully saturated rings. The van der Waals surface area contributed by atoms with Crippen molar-refractivity contribution in [2.45, 2.75) is 6.42 Å². The Labute approximate surface area is 131 Å². The zero-order chi connectivity index (χ0) is 16.0. The lowest BCUT2D eigenvalue weighted by Gasteiger charge is -2.17. The molecule has 2 heterocycles. The van der Waals surface area contributed by atoms with Gasteiger partial charge in [-0.1, -0.05) is 0 Å². The van der Waals surface area contributed by atoms with Gasteiger partial charge in [-0.3, -0.25) is 4.79 Å². The number of ether oxygens (including phenoxy) is 1. The molecule has 0 saturated heterocycles. The largest absolute Gasteiger partial charge is 0.508 e. The maximum Gasteiger partial charge on any atom is 0.359 e. The monoisotopic (exact) mass is 309 g/mol. The molecule has 0 aliphatic carbocycles. The van der Waals surface area contributed by atoms with Gasteiger partial charge in [0.05, 0.1) is 11.6 Å². The molecule has 1 unspecified atom stereocenters. The molecule has 23 heavy (non-hydrogen) atoms. The van der Waals surface area contributed by atoms with Crippen molar-refractivity contribution in [1.29, 1.82) is 0 Å². The molecule has 0 aromatic heterocycles. The molecule has 4 rings (SSSR count). The van der Waals surface area contributed by atoms with Crippen LogP contribution >= 0.6 is 0 Å². The molecule has 114 valence electrons. The minimum atomic E-state index is -0.537. The van der Waals surface area contributed by atoms with Gasteiger partial charge in [-0.2, -0.15) is 0 Å². The van der Waals surface area contributed by atoms with Gasteiger partial charge in [0.2, 0.25) is 0 Å². The Kier molecular flexibility index (Phi) is 2.94. The van der Waals surface area contributed by atoms with Crippen LogP contribution in [0.3, 0.4) is 0 Å². The van der Waals surface area contributed by atoms with E-state index in [0.717, 1.165) is 5.56 Å². The summed E-state index contributed by atoms with van der Waals surface area (Å²) in [7, 11) is 0. The van der Waals surface area contributed by atoms with Crippen molar-refractivity contribution in [1.82, 2.24) is 0 Å². The van der Waals surface area contributed by atoms with Crippen molar-refractivity contribution in [3.8, 4) is 23.0 Å². The third-order valence-electron chi connectivity index (χ3n) is 3.96. The van der Waals surface area contributed by atoms with Crippen molar-refractivity contribution >= 4 is 17.8 Å². The molecule has 2 N–H and O–H groups in total. The molecule has 2 aromatic rings. The number of fused-ring (bicyclic) bond motifs is 3. The minimum absolute atomic E-state index is 0.0893. The maximum atomic E-state index is 12.5. The van der Waals surface area contributed by atoms with Gasteiger partial charge in [-0.15, -0.1) is 0 Å². The highest BCUT2D eigenvalue weighted by Crippen LogP contribution is 2.34. The van der Waals surface area contributed by atoms with Gasteiger partial charge in [0.15, 0.2) is 5.92 Å². The number of rotatable bonds is 0. The first-order chi connectivity index (χ1) is 11.1. The Morgan fingerprint density at radius 3 is 2.70 bits per heavy atom. The second kappa shape index (κ2) is 4.98. The molecule has 0 bridgehead atoms. The number of phenols is 2. The molecule has 2 aliphatic rings. The molecule has 2 aromatic carbocycles. The summed E-state index contributed by atoms with van der Waals surface area (Å²) in [4.78, 5) is 12.5. The van der Waals surface area contributed by atoms with Crippen molar-refractivity contribution < 1.29 is 24.2 Å². The Balaban J connectivity index is 1.83. The number of phenolic OH excluding ortho intramolecular Hbond substituents is 2. The Morgan fingerprint density at radius 1 is 1.04 bits per heavy atom. The third-order valence-corrected chi connectivity index (χ3v) is 3.96. The summed E-state index contributed by atoms with van der Waals surface area (Å²) in [6, 6.07) is 9.38. The summed E-state index contributed by atoms with van der Waals surface area (Å²) >= 11 is 0.